The van der Waals surface area contributed by atoms with E-state index in [9.17, 15) is 9.18 Å². The molecule has 0 heterocycles. The van der Waals surface area contributed by atoms with Gasteiger partial charge in [0.15, 0.2) is 0 Å². The third kappa shape index (κ3) is 4.71. The quantitative estimate of drug-likeness (QED) is 0.844. The Morgan fingerprint density at radius 3 is 2.83 bits per heavy atom. The van der Waals surface area contributed by atoms with E-state index < -0.39 is 0 Å². The number of nitrogens with one attached hydrogen (secondary N) is 2. The van der Waals surface area contributed by atoms with Crippen LogP contribution in [0.15, 0.2) is 18.2 Å². The average Bonchev–Trinajstić information content (AvgIpc) is 2.31. The van der Waals surface area contributed by atoms with Crippen molar-refractivity contribution in [1.29, 1.82) is 0 Å². The van der Waals surface area contributed by atoms with Gasteiger partial charge in [-0.05, 0) is 31.0 Å². The zero-order chi connectivity index (χ0) is 13.5. The molecule has 18 heavy (non-hydrogen) atoms. The first-order valence-electron chi connectivity index (χ1n) is 5.81. The fourth-order valence-corrected chi connectivity index (χ4v) is 1.50. The molecule has 2 amide bonds. The van der Waals surface area contributed by atoms with Crippen molar-refractivity contribution in [1.82, 2.24) is 10.6 Å². The van der Waals surface area contributed by atoms with Crippen molar-refractivity contribution in [3.05, 3.63) is 35.1 Å². The molecule has 0 saturated heterocycles. The number of hydrogen-bond acceptors (Lipinski definition) is 2. The van der Waals surface area contributed by atoms with Gasteiger partial charge in [-0.15, -0.1) is 0 Å². The number of ether oxygens (including phenoxy) is 1. The maximum absolute atomic E-state index is 13.3. The van der Waals surface area contributed by atoms with E-state index in [0.717, 1.165) is 5.56 Å². The highest BCUT2D eigenvalue weighted by Crippen LogP contribution is 2.08. The van der Waals surface area contributed by atoms with Crippen molar-refractivity contribution in [2.75, 3.05) is 13.7 Å². The number of rotatable bonds is 5. The molecule has 100 valence electrons. The topological polar surface area (TPSA) is 50.4 Å². The highest BCUT2D eigenvalue weighted by Gasteiger charge is 2.06. The molecule has 0 bridgehead atoms. The van der Waals surface area contributed by atoms with Crippen LogP contribution in [0.2, 0.25) is 0 Å². The van der Waals surface area contributed by atoms with Crippen molar-refractivity contribution in [2.45, 2.75) is 26.4 Å². The second-order valence-corrected chi connectivity index (χ2v) is 4.27. The Hall–Kier alpha value is -1.62. The molecule has 2 N–H and O–H groups in total. The molecule has 0 spiro atoms. The van der Waals surface area contributed by atoms with Gasteiger partial charge in [0.1, 0.15) is 5.82 Å². The number of hydrogen-bond donors (Lipinski definition) is 2. The minimum atomic E-state index is -0.291. The van der Waals surface area contributed by atoms with Gasteiger partial charge in [0.05, 0.1) is 12.6 Å². The molecule has 5 heteroatoms. The molecular weight excluding hydrogens is 235 g/mol. The molecule has 0 radical (unpaired) electrons. The van der Waals surface area contributed by atoms with Gasteiger partial charge in [-0.1, -0.05) is 12.1 Å². The Labute approximate surface area is 107 Å². The third-order valence-electron chi connectivity index (χ3n) is 2.48. The van der Waals surface area contributed by atoms with E-state index in [1.165, 1.54) is 6.07 Å². The molecule has 0 aliphatic carbocycles. The molecule has 1 aromatic rings. The molecule has 1 aromatic carbocycles. The number of carbonyl (C=O) groups is 1. The Morgan fingerprint density at radius 2 is 2.22 bits per heavy atom. The molecule has 0 aliphatic rings. The summed E-state index contributed by atoms with van der Waals surface area (Å²) in [7, 11) is 1.57. The van der Waals surface area contributed by atoms with Crippen LogP contribution in [0, 0.1) is 12.7 Å². The van der Waals surface area contributed by atoms with Crippen LogP contribution in [0.5, 0.6) is 0 Å². The second kappa shape index (κ2) is 6.96. The SMILES string of the molecule is COCC(C)NC(=O)NCc1ccc(C)c(F)c1. The van der Waals surface area contributed by atoms with Crippen LogP contribution in [-0.4, -0.2) is 25.8 Å². The summed E-state index contributed by atoms with van der Waals surface area (Å²) in [5, 5.41) is 5.37. The molecule has 4 nitrogen and oxygen atoms in total. The van der Waals surface area contributed by atoms with Gasteiger partial charge in [0.25, 0.3) is 0 Å². The highest BCUT2D eigenvalue weighted by atomic mass is 19.1. The Morgan fingerprint density at radius 1 is 1.50 bits per heavy atom. The number of benzene rings is 1. The van der Waals surface area contributed by atoms with E-state index >= 15 is 0 Å². The molecule has 0 saturated carbocycles. The predicted octanol–water partition coefficient (Wildman–Crippen LogP) is 1.97. The fraction of sp³-hybridized carbons (Fsp3) is 0.462. The van der Waals surface area contributed by atoms with Crippen molar-refractivity contribution in [3.8, 4) is 0 Å². The van der Waals surface area contributed by atoms with Gasteiger partial charge in [0, 0.05) is 13.7 Å². The normalized spacial score (nSPS) is 12.0. The second-order valence-electron chi connectivity index (χ2n) is 4.27. The maximum Gasteiger partial charge on any atom is 0.315 e. The maximum atomic E-state index is 13.3. The summed E-state index contributed by atoms with van der Waals surface area (Å²) in [6.45, 7) is 4.29. The summed E-state index contributed by atoms with van der Waals surface area (Å²) in [5.41, 5.74) is 1.32. The van der Waals surface area contributed by atoms with Crippen molar-refractivity contribution < 1.29 is 13.9 Å². The molecule has 0 aliphatic heterocycles. The van der Waals surface area contributed by atoms with Crippen LogP contribution in [0.1, 0.15) is 18.1 Å². The molecule has 1 unspecified atom stereocenters. The van der Waals surface area contributed by atoms with Crippen LogP contribution in [0.4, 0.5) is 9.18 Å². The van der Waals surface area contributed by atoms with Crippen LogP contribution in [-0.2, 0) is 11.3 Å². The van der Waals surface area contributed by atoms with Crippen molar-refractivity contribution in [3.63, 3.8) is 0 Å². The monoisotopic (exact) mass is 254 g/mol. The lowest BCUT2D eigenvalue weighted by molar-refractivity contribution is 0.171. The number of urea groups is 1. The van der Waals surface area contributed by atoms with Gasteiger partial charge in [0.2, 0.25) is 0 Å². The van der Waals surface area contributed by atoms with Gasteiger partial charge < -0.3 is 15.4 Å². The van der Waals surface area contributed by atoms with Crippen LogP contribution in [0.3, 0.4) is 0 Å². The zero-order valence-electron chi connectivity index (χ0n) is 10.9. The number of aryl methyl sites for hydroxylation is 1. The zero-order valence-corrected chi connectivity index (χ0v) is 10.9. The molecule has 1 atom stereocenters. The lowest BCUT2D eigenvalue weighted by atomic mass is 10.1. The Bertz CT molecular complexity index is 410. The molecule has 0 fully saturated rings. The summed E-state index contributed by atoms with van der Waals surface area (Å²) in [4.78, 5) is 11.5. The number of amides is 2. The van der Waals surface area contributed by atoms with E-state index in [0.29, 0.717) is 18.7 Å². The summed E-state index contributed by atoms with van der Waals surface area (Å²) >= 11 is 0. The minimum Gasteiger partial charge on any atom is -0.383 e. The van der Waals surface area contributed by atoms with Crippen molar-refractivity contribution >= 4 is 6.03 Å². The summed E-state index contributed by atoms with van der Waals surface area (Å²) in [6.07, 6.45) is 0. The fourth-order valence-electron chi connectivity index (χ4n) is 1.50. The van der Waals surface area contributed by atoms with Crippen LogP contribution in [0.25, 0.3) is 0 Å². The van der Waals surface area contributed by atoms with Crippen molar-refractivity contribution in [2.24, 2.45) is 0 Å². The largest absolute Gasteiger partial charge is 0.383 e. The predicted molar refractivity (Wildman–Crippen MR) is 67.8 cm³/mol. The first-order valence-corrected chi connectivity index (χ1v) is 5.81. The van der Waals surface area contributed by atoms with Crippen LogP contribution >= 0.6 is 0 Å². The average molecular weight is 254 g/mol. The van der Waals surface area contributed by atoms with E-state index in [1.54, 1.807) is 26.2 Å². The van der Waals surface area contributed by atoms with E-state index in [2.05, 4.69) is 10.6 Å². The first kappa shape index (κ1) is 14.4. The lowest BCUT2D eigenvalue weighted by Gasteiger charge is -2.13. The minimum absolute atomic E-state index is 0.0650. The summed E-state index contributed by atoms with van der Waals surface area (Å²) in [5.74, 6) is -0.262. The molecule has 1 rings (SSSR count). The third-order valence-corrected chi connectivity index (χ3v) is 2.48. The number of carbonyl (C=O) groups excluding carboxylic acids is 1. The number of methoxy groups -OCH3 is 1. The van der Waals surface area contributed by atoms with Gasteiger partial charge >= 0.3 is 6.03 Å². The van der Waals surface area contributed by atoms with E-state index in [4.69, 9.17) is 4.74 Å². The van der Waals surface area contributed by atoms with Gasteiger partial charge in [-0.2, -0.15) is 0 Å². The highest BCUT2D eigenvalue weighted by molar-refractivity contribution is 5.74. The summed E-state index contributed by atoms with van der Waals surface area (Å²) < 4.78 is 18.2. The van der Waals surface area contributed by atoms with Crippen LogP contribution < -0.4 is 10.6 Å². The molecular formula is C13H19FN2O2. The molecule has 0 aromatic heterocycles. The van der Waals surface area contributed by atoms with Gasteiger partial charge in [-0.3, -0.25) is 0 Å². The standard InChI is InChI=1S/C13H19FN2O2/c1-9-4-5-11(6-12(9)14)7-15-13(17)16-10(2)8-18-3/h4-6,10H,7-8H2,1-3H3,(H2,15,16,17). The number of halogens is 1. The summed E-state index contributed by atoms with van der Waals surface area (Å²) in [6, 6.07) is 4.55. The van der Waals surface area contributed by atoms with E-state index in [1.807, 2.05) is 6.92 Å². The Kier molecular flexibility index (Phi) is 5.58. The first-order chi connectivity index (χ1) is 8.52. The van der Waals surface area contributed by atoms with E-state index in [-0.39, 0.29) is 17.9 Å². The lowest BCUT2D eigenvalue weighted by Crippen LogP contribution is -2.42. The Balaban J connectivity index is 2.40. The van der Waals surface area contributed by atoms with Gasteiger partial charge in [-0.25, -0.2) is 9.18 Å². The smallest absolute Gasteiger partial charge is 0.315 e.